The number of aryl methyl sites for hydroxylation is 2. The van der Waals surface area contributed by atoms with Crippen molar-refractivity contribution in [3.8, 4) is 5.75 Å². The summed E-state index contributed by atoms with van der Waals surface area (Å²) in [7, 11) is 5.37. The van der Waals surface area contributed by atoms with Gasteiger partial charge < -0.3 is 9.84 Å². The van der Waals surface area contributed by atoms with Gasteiger partial charge in [-0.2, -0.15) is 0 Å². The number of hydrogen-bond donors (Lipinski definition) is 0. The van der Waals surface area contributed by atoms with Crippen molar-refractivity contribution in [2.75, 3.05) is 7.11 Å². The van der Waals surface area contributed by atoms with E-state index in [2.05, 4.69) is 0 Å². The van der Waals surface area contributed by atoms with Crippen molar-refractivity contribution in [3.05, 3.63) is 48.0 Å². The largest absolute Gasteiger partial charge is 0.840 e. The maximum Gasteiger partial charge on any atom is 0.246 e. The van der Waals surface area contributed by atoms with Crippen molar-refractivity contribution >= 4 is 0 Å². The quantitative estimate of drug-likeness (QED) is 0.715. The standard InChI is InChI=1S/C13H16N2O2/c1-14-8-9-15(2)13(14)12(16)10-4-6-11(17-3)7-5-10/h4-9,12H,1-3H3. The number of rotatable bonds is 3. The summed E-state index contributed by atoms with van der Waals surface area (Å²) < 4.78 is 8.77. The van der Waals surface area contributed by atoms with Gasteiger partial charge in [0.15, 0.2) is 0 Å². The Hall–Kier alpha value is -1.81. The molecule has 4 heteroatoms. The summed E-state index contributed by atoms with van der Waals surface area (Å²) >= 11 is 0. The second-order valence-corrected chi connectivity index (χ2v) is 4.03. The van der Waals surface area contributed by atoms with E-state index in [9.17, 15) is 5.11 Å². The van der Waals surface area contributed by atoms with Crippen LogP contribution in [0.5, 0.6) is 5.75 Å². The maximum atomic E-state index is 12.3. The van der Waals surface area contributed by atoms with Gasteiger partial charge in [-0.25, -0.2) is 9.13 Å². The predicted molar refractivity (Wildman–Crippen MR) is 61.4 cm³/mol. The summed E-state index contributed by atoms with van der Waals surface area (Å²) in [5, 5.41) is 12.3. The zero-order valence-electron chi connectivity index (χ0n) is 10.3. The van der Waals surface area contributed by atoms with Crippen molar-refractivity contribution in [3.63, 3.8) is 0 Å². The maximum absolute atomic E-state index is 12.3. The molecule has 0 spiro atoms. The van der Waals surface area contributed by atoms with Crippen molar-refractivity contribution in [1.82, 2.24) is 4.57 Å². The molecule has 0 aliphatic heterocycles. The molecule has 0 aliphatic rings. The van der Waals surface area contributed by atoms with Gasteiger partial charge in [0.2, 0.25) is 5.82 Å². The highest BCUT2D eigenvalue weighted by molar-refractivity contribution is 5.30. The molecule has 1 atom stereocenters. The van der Waals surface area contributed by atoms with E-state index in [0.29, 0.717) is 0 Å². The van der Waals surface area contributed by atoms with Gasteiger partial charge in [0.05, 0.1) is 21.2 Å². The third kappa shape index (κ3) is 2.17. The number of aromatic nitrogens is 2. The molecule has 0 radical (unpaired) electrons. The number of ether oxygens (including phenoxy) is 1. The van der Waals surface area contributed by atoms with Gasteiger partial charge in [-0.1, -0.05) is 12.1 Å². The van der Waals surface area contributed by atoms with Gasteiger partial charge in [0, 0.05) is 6.10 Å². The number of nitrogens with zero attached hydrogens (tertiary/aromatic N) is 2. The molecule has 0 saturated carbocycles. The van der Waals surface area contributed by atoms with Crippen LogP contribution in [0.4, 0.5) is 0 Å². The van der Waals surface area contributed by atoms with Crippen molar-refractivity contribution in [2.45, 2.75) is 6.10 Å². The van der Waals surface area contributed by atoms with Gasteiger partial charge in [-0.05, 0) is 17.7 Å². The molecular formula is C13H16N2O2. The molecule has 1 aromatic carbocycles. The zero-order valence-corrected chi connectivity index (χ0v) is 10.3. The lowest BCUT2D eigenvalue weighted by Crippen LogP contribution is -2.38. The van der Waals surface area contributed by atoms with Crippen LogP contribution in [0, 0.1) is 0 Å². The molecule has 17 heavy (non-hydrogen) atoms. The SMILES string of the molecule is COc1ccc(C([O-])c2n(C)cc[n+]2C)cc1. The van der Waals surface area contributed by atoms with Crippen LogP contribution in [0.1, 0.15) is 17.5 Å². The summed E-state index contributed by atoms with van der Waals surface area (Å²) in [6.45, 7) is 0. The Morgan fingerprint density at radius 3 is 2.41 bits per heavy atom. The van der Waals surface area contributed by atoms with Gasteiger partial charge in [0.25, 0.3) is 0 Å². The van der Waals surface area contributed by atoms with Crippen molar-refractivity contribution in [1.29, 1.82) is 0 Å². The molecule has 0 bridgehead atoms. The van der Waals surface area contributed by atoms with E-state index in [4.69, 9.17) is 4.74 Å². The first-order valence-electron chi connectivity index (χ1n) is 5.44. The molecule has 1 aromatic heterocycles. The topological polar surface area (TPSA) is 41.1 Å². The summed E-state index contributed by atoms with van der Waals surface area (Å²) in [5.74, 6) is 1.49. The zero-order chi connectivity index (χ0) is 12.4. The third-order valence-electron chi connectivity index (χ3n) is 2.89. The monoisotopic (exact) mass is 232 g/mol. The van der Waals surface area contributed by atoms with E-state index >= 15 is 0 Å². The number of imidazole rings is 1. The fourth-order valence-corrected chi connectivity index (χ4v) is 1.90. The van der Waals surface area contributed by atoms with E-state index in [0.717, 1.165) is 17.1 Å². The molecule has 4 nitrogen and oxygen atoms in total. The summed E-state index contributed by atoms with van der Waals surface area (Å²) in [5.41, 5.74) is 0.739. The Morgan fingerprint density at radius 2 is 1.94 bits per heavy atom. The van der Waals surface area contributed by atoms with E-state index in [1.165, 1.54) is 0 Å². The second kappa shape index (κ2) is 4.59. The average molecular weight is 232 g/mol. The molecule has 0 saturated heterocycles. The summed E-state index contributed by atoms with van der Waals surface area (Å²) in [6, 6.07) is 7.24. The Balaban J connectivity index is 2.33. The molecule has 0 N–H and O–H groups in total. The van der Waals surface area contributed by atoms with E-state index in [-0.39, 0.29) is 0 Å². The van der Waals surface area contributed by atoms with Crippen molar-refractivity contribution in [2.24, 2.45) is 14.1 Å². The molecule has 2 rings (SSSR count). The average Bonchev–Trinajstić information content (AvgIpc) is 2.68. The van der Waals surface area contributed by atoms with Crippen LogP contribution in [0.25, 0.3) is 0 Å². The predicted octanol–water partition coefficient (Wildman–Crippen LogP) is 0.308. The molecule has 90 valence electrons. The summed E-state index contributed by atoms with van der Waals surface area (Å²) in [4.78, 5) is 0. The Morgan fingerprint density at radius 1 is 1.29 bits per heavy atom. The van der Waals surface area contributed by atoms with Crippen molar-refractivity contribution < 1.29 is 14.4 Å². The van der Waals surface area contributed by atoms with E-state index in [1.807, 2.05) is 59.9 Å². The highest BCUT2D eigenvalue weighted by Gasteiger charge is 2.16. The van der Waals surface area contributed by atoms with Crippen LogP contribution in [-0.4, -0.2) is 11.7 Å². The Bertz CT molecular complexity index is 483. The van der Waals surface area contributed by atoms with Crippen LogP contribution in [0.15, 0.2) is 36.7 Å². The molecule has 1 heterocycles. The van der Waals surface area contributed by atoms with Crippen LogP contribution < -0.4 is 14.4 Å². The number of benzene rings is 1. The van der Waals surface area contributed by atoms with Gasteiger partial charge in [0.1, 0.15) is 18.1 Å². The molecule has 2 aromatic rings. The first kappa shape index (κ1) is 11.7. The van der Waals surface area contributed by atoms with Crippen LogP contribution in [0.2, 0.25) is 0 Å². The molecule has 1 unspecified atom stereocenters. The van der Waals surface area contributed by atoms with Crippen LogP contribution >= 0.6 is 0 Å². The third-order valence-corrected chi connectivity index (χ3v) is 2.89. The molecular weight excluding hydrogens is 216 g/mol. The molecule has 0 aliphatic carbocycles. The van der Waals surface area contributed by atoms with Crippen LogP contribution in [-0.2, 0) is 14.1 Å². The van der Waals surface area contributed by atoms with E-state index < -0.39 is 6.10 Å². The van der Waals surface area contributed by atoms with Gasteiger partial charge in [-0.3, -0.25) is 0 Å². The Kier molecular flexibility index (Phi) is 3.15. The smallest absolute Gasteiger partial charge is 0.246 e. The number of hydrogen-bond acceptors (Lipinski definition) is 2. The highest BCUT2D eigenvalue weighted by Crippen LogP contribution is 2.19. The van der Waals surface area contributed by atoms with Crippen LogP contribution in [0.3, 0.4) is 0 Å². The van der Waals surface area contributed by atoms with Gasteiger partial charge >= 0.3 is 0 Å². The second-order valence-electron chi connectivity index (χ2n) is 4.03. The Labute approximate surface area is 101 Å². The minimum atomic E-state index is -0.883. The fraction of sp³-hybridized carbons (Fsp3) is 0.308. The summed E-state index contributed by atoms with van der Waals surface area (Å²) in [6.07, 6.45) is 2.87. The lowest BCUT2D eigenvalue weighted by Gasteiger charge is -2.19. The normalized spacial score (nSPS) is 12.5. The first-order chi connectivity index (χ1) is 8.13. The molecule has 0 amide bonds. The fourth-order valence-electron chi connectivity index (χ4n) is 1.90. The van der Waals surface area contributed by atoms with Gasteiger partial charge in [-0.15, -0.1) is 0 Å². The lowest BCUT2D eigenvalue weighted by molar-refractivity contribution is -0.691. The highest BCUT2D eigenvalue weighted by atomic mass is 16.5. The molecule has 0 fully saturated rings. The minimum absolute atomic E-state index is 0.732. The minimum Gasteiger partial charge on any atom is -0.840 e. The lowest BCUT2D eigenvalue weighted by atomic mass is 10.1. The van der Waals surface area contributed by atoms with E-state index in [1.54, 1.807) is 7.11 Å². The number of methoxy groups -OCH3 is 1. The first-order valence-corrected chi connectivity index (χ1v) is 5.44.